The number of H-pyrrole nitrogens is 2. The fourth-order valence-electron chi connectivity index (χ4n) is 12.0. The SMILES string of the molecule is CCCSC1=C(SCCC)SC(=C2Sc3cc4c5cc6nc(cc7[nH]c(cc8nc(cc([nH]5)c4cc3S2)c2cc3sc(=C4SC(SCCC)=C(SCCC)S4)sc3cc82)c2cc3c(cc72)SC(=C2SC(SCCC)=C(SCCC)S2)S3)c2cc3sc(=C4SC(SCCC)=C(SCCC)S4)sc3cc62)S1. The number of aromatic nitrogens is 4. The summed E-state index contributed by atoms with van der Waals surface area (Å²) in [5.41, 5.74) is 8.16. The molecule has 11 aromatic rings. The minimum absolute atomic E-state index is 0.977. The Balaban J connectivity index is 0.898. The van der Waals surface area contributed by atoms with Crippen LogP contribution < -0.4 is 7.69 Å². The maximum absolute atomic E-state index is 5.85. The van der Waals surface area contributed by atoms with Crippen molar-refractivity contribution in [1.82, 2.24) is 19.9 Å². The van der Waals surface area contributed by atoms with Crippen molar-refractivity contribution in [3.05, 3.63) is 131 Å². The number of aromatic amines is 2. The number of hydrogen-bond donors (Lipinski definition) is 2. The van der Waals surface area contributed by atoms with E-state index in [1.807, 2.05) is 281 Å². The Morgan fingerprint density at radius 3 is 0.654 bits per heavy atom. The molecule has 4 aromatic carbocycles. The molecule has 6 aliphatic rings. The van der Waals surface area contributed by atoms with Gasteiger partial charge >= 0.3 is 0 Å². The first-order valence-corrected chi connectivity index (χ1v) is 55.9. The molecule has 0 unspecified atom stereocenters. The average molecular weight is 1810 g/mol. The van der Waals surface area contributed by atoms with E-state index >= 15 is 0 Å². The molecular formula is C76H70N4S24. The van der Waals surface area contributed by atoms with Gasteiger partial charge in [0.25, 0.3) is 0 Å². The van der Waals surface area contributed by atoms with Gasteiger partial charge in [-0.05, 0) is 170 Å². The van der Waals surface area contributed by atoms with Gasteiger partial charge in [-0.1, -0.05) is 197 Å². The van der Waals surface area contributed by atoms with Gasteiger partial charge in [-0.15, -0.1) is 139 Å². The second-order valence-electron chi connectivity index (χ2n) is 24.6. The summed E-state index contributed by atoms with van der Waals surface area (Å²) < 4.78 is 28.4. The van der Waals surface area contributed by atoms with E-state index in [0.717, 1.165) is 90.2 Å². The van der Waals surface area contributed by atoms with Crippen LogP contribution in [0.15, 0.2) is 143 Å². The first-order chi connectivity index (χ1) is 51.1. The van der Waals surface area contributed by atoms with Gasteiger partial charge in [0.2, 0.25) is 0 Å². The highest BCUT2D eigenvalue weighted by Gasteiger charge is 2.33. The third-order valence-electron chi connectivity index (χ3n) is 16.7. The van der Waals surface area contributed by atoms with Gasteiger partial charge in [-0.25, -0.2) is 9.97 Å². The maximum atomic E-state index is 5.85. The van der Waals surface area contributed by atoms with Crippen LogP contribution in [0.25, 0.3) is 114 Å². The fraction of sp³-hybridized carbons (Fsp3) is 0.316. The van der Waals surface area contributed by atoms with Gasteiger partial charge in [-0.3, -0.25) is 0 Å². The van der Waals surface area contributed by atoms with Crippen LogP contribution in [-0.2, 0) is 0 Å². The lowest BCUT2D eigenvalue weighted by Crippen LogP contribution is -1.86. The van der Waals surface area contributed by atoms with Gasteiger partial charge in [0, 0.05) is 104 Å². The molecule has 0 amide bonds. The largest absolute Gasteiger partial charge is 0.354 e. The Bertz CT molecular complexity index is 5120. The maximum Gasteiger partial charge on any atom is 0.101 e. The summed E-state index contributed by atoms with van der Waals surface area (Å²) in [6.07, 6.45) is 9.38. The molecule has 8 bridgehead atoms. The minimum atomic E-state index is 0.977. The second kappa shape index (κ2) is 34.8. The second-order valence-corrected chi connectivity index (χ2v) is 54.2. The topological polar surface area (TPSA) is 57.4 Å². The summed E-state index contributed by atoms with van der Waals surface area (Å²) in [6.45, 7) is 18.4. The van der Waals surface area contributed by atoms with Crippen LogP contribution in [0.1, 0.15) is 107 Å². The number of nitrogens with zero attached hydrogens (tertiary/aromatic N) is 2. The van der Waals surface area contributed by atoms with Crippen molar-refractivity contribution in [2.24, 2.45) is 0 Å². The molecule has 4 nitrogen and oxygen atoms in total. The van der Waals surface area contributed by atoms with Crippen molar-refractivity contribution in [2.75, 3.05) is 46.0 Å². The molecule has 2 N–H and O–H groups in total. The number of benzene rings is 4. The molecule has 0 saturated heterocycles. The number of hydrogen-bond acceptors (Lipinski definition) is 26. The third kappa shape index (κ3) is 16.0. The van der Waals surface area contributed by atoms with E-state index in [9.17, 15) is 0 Å². The summed E-state index contributed by atoms with van der Waals surface area (Å²) in [6, 6.07) is 29.4. The van der Waals surface area contributed by atoms with Crippen molar-refractivity contribution in [3.8, 4) is 0 Å². The van der Waals surface area contributed by atoms with Crippen LogP contribution in [0.2, 0.25) is 0 Å². The van der Waals surface area contributed by atoms with Crippen LogP contribution in [0, 0.1) is 0 Å². The predicted molar refractivity (Wildman–Crippen MR) is 518 cm³/mol. The zero-order chi connectivity index (χ0) is 70.7. The van der Waals surface area contributed by atoms with Gasteiger partial charge in [0.05, 0.1) is 81.4 Å². The molecule has 104 heavy (non-hydrogen) atoms. The molecule has 0 fully saturated rings. The number of thioether (sulfide) groups is 20. The molecule has 0 saturated carbocycles. The van der Waals surface area contributed by atoms with Gasteiger partial charge < -0.3 is 9.97 Å². The Hall–Kier alpha value is 0.320. The molecule has 13 heterocycles. The number of nitrogens with one attached hydrogen (secondary N) is 2. The normalized spacial score (nSPS) is 16.7. The van der Waals surface area contributed by atoms with Crippen molar-refractivity contribution in [3.63, 3.8) is 0 Å². The molecular weight excluding hydrogens is 1740 g/mol. The lowest BCUT2D eigenvalue weighted by atomic mass is 10.1. The van der Waals surface area contributed by atoms with Crippen LogP contribution in [0.5, 0.6) is 0 Å². The molecule has 7 aromatic heterocycles. The highest BCUT2D eigenvalue weighted by Crippen LogP contribution is 2.67. The van der Waals surface area contributed by atoms with Crippen molar-refractivity contribution < 1.29 is 0 Å². The van der Waals surface area contributed by atoms with Crippen molar-refractivity contribution in [2.45, 2.75) is 126 Å². The van der Waals surface area contributed by atoms with Crippen LogP contribution in [0.4, 0.5) is 0 Å². The average Bonchev–Trinajstić information content (AvgIpc) is 1.58. The van der Waals surface area contributed by atoms with Gasteiger partial charge in [-0.2, -0.15) is 0 Å². The summed E-state index contributed by atoms with van der Waals surface area (Å²) in [5.74, 6) is 9.17. The quantitative estimate of drug-likeness (QED) is 0.0603. The number of rotatable bonds is 24. The van der Waals surface area contributed by atoms with Gasteiger partial charge in [0.15, 0.2) is 0 Å². The Kier molecular flexibility index (Phi) is 25.7. The third-order valence-corrected chi connectivity index (χ3v) is 52.6. The highest BCUT2D eigenvalue weighted by atomic mass is 32.3. The fourth-order valence-corrected chi connectivity index (χ4v) is 46.2. The van der Waals surface area contributed by atoms with E-state index in [1.54, 1.807) is 0 Å². The van der Waals surface area contributed by atoms with E-state index in [2.05, 4.69) is 138 Å². The van der Waals surface area contributed by atoms with Crippen molar-refractivity contribution in [1.29, 1.82) is 0 Å². The Morgan fingerprint density at radius 2 is 0.442 bits per heavy atom. The van der Waals surface area contributed by atoms with Crippen LogP contribution >= 0.6 is 281 Å². The monoisotopic (exact) mass is 1810 g/mol. The lowest BCUT2D eigenvalue weighted by molar-refractivity contribution is 1.11. The number of fused-ring (bicyclic) bond motifs is 24. The minimum Gasteiger partial charge on any atom is -0.354 e. The summed E-state index contributed by atoms with van der Waals surface area (Å²) in [7, 11) is 0. The highest BCUT2D eigenvalue weighted by molar-refractivity contribution is 8.47. The Labute approximate surface area is 709 Å². The summed E-state index contributed by atoms with van der Waals surface area (Å²) >= 11 is 48.1. The standard InChI is InChI=1S/C76H70N4S24/c1-9-17-81-61-62(82-18-10-2)98-73(97-61)69-89-53-25-37-38(26-54(53)90-69)46-34-48-40-28-56-58(94-71(92-56)75-101-65(85-21-13-5)66(102-75)86-22-14-6)30-42(40)50(79-48)36-52-44-32-60-59(95-72(96-60)76-103-67(87-23-15-7)68(104-76)88-24-16-8)31-43(44)51(80-52)35-49-41-29-57-55(27-39(41)47(78-49)33-45(37)77-46)91-70(93-57)74-99-63(83-19-11-3)64(100-74)84-20-12-4/h25-36,77,80H,9-24H2,1-8H3. The molecule has 0 atom stereocenters. The van der Waals surface area contributed by atoms with E-state index < -0.39 is 0 Å². The van der Waals surface area contributed by atoms with E-state index in [-0.39, 0.29) is 0 Å². The predicted octanol–water partition coefficient (Wildman–Crippen LogP) is 32.9. The van der Waals surface area contributed by atoms with Crippen LogP contribution in [0.3, 0.4) is 0 Å². The lowest BCUT2D eigenvalue weighted by Gasteiger charge is -2.02. The molecule has 538 valence electrons. The molecule has 17 rings (SSSR count). The molecule has 28 heteroatoms. The molecule has 6 aliphatic heterocycles. The first kappa shape index (κ1) is 76.9. The Morgan fingerprint density at radius 1 is 0.240 bits per heavy atom. The first-order valence-electron chi connectivity index (χ1n) is 35.0. The van der Waals surface area contributed by atoms with E-state index in [0.29, 0.717) is 0 Å². The van der Waals surface area contributed by atoms with Crippen molar-refractivity contribution >= 4 is 395 Å². The summed E-state index contributed by atoms with van der Waals surface area (Å²) in [4.78, 5) is 25.2. The van der Waals surface area contributed by atoms with E-state index in [4.69, 9.17) is 9.97 Å². The molecule has 0 aliphatic carbocycles. The van der Waals surface area contributed by atoms with Gasteiger partial charge in [0.1, 0.15) is 7.69 Å². The zero-order valence-electron chi connectivity index (χ0n) is 57.9. The van der Waals surface area contributed by atoms with E-state index in [1.165, 1.54) is 200 Å². The molecule has 0 radical (unpaired) electrons. The van der Waals surface area contributed by atoms with Crippen LogP contribution in [-0.4, -0.2) is 66.0 Å². The smallest absolute Gasteiger partial charge is 0.101 e. The zero-order valence-corrected chi connectivity index (χ0v) is 77.5. The summed E-state index contributed by atoms with van der Waals surface area (Å²) in [5, 5.41) is 9.50. The molecule has 0 spiro atoms.